The maximum absolute atomic E-state index is 6.04. The van der Waals surface area contributed by atoms with Gasteiger partial charge < -0.3 is 5.73 Å². The van der Waals surface area contributed by atoms with Gasteiger partial charge in [0.05, 0.1) is 0 Å². The molecule has 0 radical (unpaired) electrons. The Bertz CT molecular complexity index is 522. The number of hydrogen-bond donors (Lipinski definition) is 1. The molecular weight excluding hydrogens is 362 g/mol. The summed E-state index contributed by atoms with van der Waals surface area (Å²) in [5.41, 5.74) is 7.25. The molecule has 1 aromatic heterocycles. The van der Waals surface area contributed by atoms with Crippen LogP contribution in [0, 0.1) is 0 Å². The second-order valence-corrected chi connectivity index (χ2v) is 6.73. The Labute approximate surface area is 122 Å². The zero-order valence-electron chi connectivity index (χ0n) is 9.41. The van der Waals surface area contributed by atoms with Gasteiger partial charge in [-0.1, -0.05) is 44.8 Å². The molecule has 1 nitrogen and oxygen atoms in total. The molecule has 0 aliphatic carbocycles. The lowest BCUT2D eigenvalue weighted by atomic mass is 10.2. The molecule has 2 N–H and O–H groups in total. The summed E-state index contributed by atoms with van der Waals surface area (Å²) < 4.78 is 2.18. The Balaban J connectivity index is 2.37. The molecule has 0 fully saturated rings. The molecule has 0 spiro atoms. The minimum Gasteiger partial charge on any atom is -0.323 e. The molecule has 1 atom stereocenters. The first-order chi connectivity index (χ1) is 8.11. The van der Waals surface area contributed by atoms with Crippen LogP contribution in [0.2, 0.25) is 0 Å². The van der Waals surface area contributed by atoms with Crippen LogP contribution in [-0.4, -0.2) is 0 Å². The van der Waals surface area contributed by atoms with Crippen molar-refractivity contribution in [2.24, 2.45) is 5.73 Å². The molecule has 1 unspecified atom stereocenters. The van der Waals surface area contributed by atoms with Crippen LogP contribution < -0.4 is 5.73 Å². The molecule has 2 aromatic rings. The van der Waals surface area contributed by atoms with Crippen LogP contribution in [0.4, 0.5) is 0 Å². The zero-order valence-corrected chi connectivity index (χ0v) is 13.4. The third-order valence-electron chi connectivity index (χ3n) is 2.63. The highest BCUT2D eigenvalue weighted by Crippen LogP contribution is 2.36. The summed E-state index contributed by atoms with van der Waals surface area (Å²) in [4.78, 5) is 2.50. The topological polar surface area (TPSA) is 26.0 Å². The average molecular weight is 375 g/mol. The Hall–Kier alpha value is -0.160. The summed E-state index contributed by atoms with van der Waals surface area (Å²) in [5, 5.41) is 0. The van der Waals surface area contributed by atoms with E-state index in [1.54, 1.807) is 11.3 Å². The van der Waals surface area contributed by atoms with Crippen LogP contribution in [-0.2, 0) is 0 Å². The van der Waals surface area contributed by atoms with Crippen LogP contribution in [0.15, 0.2) is 39.3 Å². The molecule has 0 aliphatic heterocycles. The standard InChI is InChI=1S/C13H13Br2NS/c1-2-11(16)13-6-5-12(17-13)9-4-3-8(14)7-10(9)15/h3-7,11H,2,16H2,1H3. The highest BCUT2D eigenvalue weighted by molar-refractivity contribution is 9.11. The number of nitrogens with two attached hydrogens (primary N) is 1. The van der Waals surface area contributed by atoms with Crippen molar-refractivity contribution >= 4 is 43.2 Å². The molecule has 1 aromatic carbocycles. The molecule has 0 bridgehead atoms. The van der Waals surface area contributed by atoms with Gasteiger partial charge in [-0.25, -0.2) is 0 Å². The van der Waals surface area contributed by atoms with E-state index in [0.717, 1.165) is 15.4 Å². The van der Waals surface area contributed by atoms with Crippen LogP contribution in [0.1, 0.15) is 24.3 Å². The Morgan fingerprint density at radius 2 is 2.00 bits per heavy atom. The monoisotopic (exact) mass is 373 g/mol. The second kappa shape index (κ2) is 5.65. The smallest absolute Gasteiger partial charge is 0.0387 e. The van der Waals surface area contributed by atoms with Gasteiger partial charge in [0, 0.05) is 30.3 Å². The van der Waals surface area contributed by atoms with E-state index in [9.17, 15) is 0 Å². The van der Waals surface area contributed by atoms with Crippen molar-refractivity contribution in [1.82, 2.24) is 0 Å². The van der Waals surface area contributed by atoms with Crippen molar-refractivity contribution in [3.8, 4) is 10.4 Å². The normalized spacial score (nSPS) is 12.7. The number of halogens is 2. The van der Waals surface area contributed by atoms with Crippen molar-refractivity contribution < 1.29 is 0 Å². The van der Waals surface area contributed by atoms with Gasteiger partial charge in [-0.3, -0.25) is 0 Å². The summed E-state index contributed by atoms with van der Waals surface area (Å²) in [7, 11) is 0. The third kappa shape index (κ3) is 2.99. The van der Waals surface area contributed by atoms with Crippen LogP contribution in [0.25, 0.3) is 10.4 Å². The van der Waals surface area contributed by atoms with Crippen LogP contribution >= 0.6 is 43.2 Å². The highest BCUT2D eigenvalue weighted by atomic mass is 79.9. The van der Waals surface area contributed by atoms with E-state index < -0.39 is 0 Å². The van der Waals surface area contributed by atoms with E-state index in [1.807, 2.05) is 0 Å². The van der Waals surface area contributed by atoms with Crippen molar-refractivity contribution in [1.29, 1.82) is 0 Å². The largest absolute Gasteiger partial charge is 0.323 e. The number of hydrogen-bond acceptors (Lipinski definition) is 2. The summed E-state index contributed by atoms with van der Waals surface area (Å²) in [6.45, 7) is 2.11. The van der Waals surface area contributed by atoms with Crippen molar-refractivity contribution in [2.45, 2.75) is 19.4 Å². The van der Waals surface area contributed by atoms with Crippen molar-refractivity contribution in [3.63, 3.8) is 0 Å². The lowest BCUT2D eigenvalue weighted by Gasteiger charge is -2.05. The molecule has 1 heterocycles. The molecular formula is C13H13Br2NS. The molecule has 0 amide bonds. The van der Waals surface area contributed by atoms with Gasteiger partial charge in [-0.05, 0) is 30.7 Å². The van der Waals surface area contributed by atoms with E-state index >= 15 is 0 Å². The molecule has 2 rings (SSSR count). The molecule has 90 valence electrons. The highest BCUT2D eigenvalue weighted by Gasteiger charge is 2.10. The van der Waals surface area contributed by atoms with E-state index in [-0.39, 0.29) is 6.04 Å². The molecule has 0 aliphatic rings. The van der Waals surface area contributed by atoms with Gasteiger partial charge in [-0.2, -0.15) is 0 Å². The van der Waals surface area contributed by atoms with Crippen molar-refractivity contribution in [2.75, 3.05) is 0 Å². The SMILES string of the molecule is CCC(N)c1ccc(-c2ccc(Br)cc2Br)s1. The minimum absolute atomic E-state index is 0.156. The zero-order chi connectivity index (χ0) is 12.4. The lowest BCUT2D eigenvalue weighted by Crippen LogP contribution is -2.05. The molecule has 0 saturated carbocycles. The van der Waals surface area contributed by atoms with Gasteiger partial charge >= 0.3 is 0 Å². The van der Waals surface area contributed by atoms with Gasteiger partial charge in [0.2, 0.25) is 0 Å². The fraction of sp³-hybridized carbons (Fsp3) is 0.231. The van der Waals surface area contributed by atoms with E-state index in [2.05, 4.69) is 69.1 Å². The third-order valence-corrected chi connectivity index (χ3v) is 5.03. The Morgan fingerprint density at radius 3 is 2.65 bits per heavy atom. The summed E-state index contributed by atoms with van der Waals surface area (Å²) in [5.74, 6) is 0. The summed E-state index contributed by atoms with van der Waals surface area (Å²) in [6, 6.07) is 10.7. The van der Waals surface area contributed by atoms with Crippen LogP contribution in [0.5, 0.6) is 0 Å². The first-order valence-corrected chi connectivity index (χ1v) is 7.82. The lowest BCUT2D eigenvalue weighted by molar-refractivity contribution is 0.712. The number of benzene rings is 1. The number of rotatable bonds is 3. The predicted molar refractivity (Wildman–Crippen MR) is 82.4 cm³/mol. The quantitative estimate of drug-likeness (QED) is 0.769. The predicted octanol–water partition coefficient (Wildman–Crippen LogP) is 5.35. The molecule has 0 saturated heterocycles. The van der Waals surface area contributed by atoms with E-state index in [0.29, 0.717) is 0 Å². The summed E-state index contributed by atoms with van der Waals surface area (Å²) in [6.07, 6.45) is 0.974. The van der Waals surface area contributed by atoms with Crippen molar-refractivity contribution in [3.05, 3.63) is 44.2 Å². The Kier molecular flexibility index (Phi) is 4.42. The number of thiophene rings is 1. The summed E-state index contributed by atoms with van der Waals surface area (Å²) >= 11 is 8.82. The minimum atomic E-state index is 0.156. The molecule has 4 heteroatoms. The second-order valence-electron chi connectivity index (χ2n) is 3.84. The Morgan fingerprint density at radius 1 is 1.24 bits per heavy atom. The fourth-order valence-electron chi connectivity index (χ4n) is 1.59. The van der Waals surface area contributed by atoms with E-state index in [4.69, 9.17) is 5.73 Å². The van der Waals surface area contributed by atoms with Gasteiger partial charge in [0.15, 0.2) is 0 Å². The van der Waals surface area contributed by atoms with Gasteiger partial charge in [0.1, 0.15) is 0 Å². The maximum Gasteiger partial charge on any atom is 0.0387 e. The van der Waals surface area contributed by atoms with Gasteiger partial charge in [-0.15, -0.1) is 11.3 Å². The average Bonchev–Trinajstić information content (AvgIpc) is 2.77. The van der Waals surface area contributed by atoms with Gasteiger partial charge in [0.25, 0.3) is 0 Å². The first kappa shape index (κ1) is 13.3. The van der Waals surface area contributed by atoms with E-state index in [1.165, 1.54) is 15.3 Å². The fourth-order valence-corrected chi connectivity index (χ4v) is 4.11. The van der Waals surface area contributed by atoms with Crippen LogP contribution in [0.3, 0.4) is 0 Å². The maximum atomic E-state index is 6.04. The first-order valence-electron chi connectivity index (χ1n) is 5.42. The molecule has 17 heavy (non-hydrogen) atoms.